The second-order valence-corrected chi connectivity index (χ2v) is 5.16. The lowest BCUT2D eigenvalue weighted by atomic mass is 10.1. The van der Waals surface area contributed by atoms with Gasteiger partial charge in [-0.2, -0.15) is 5.26 Å². The van der Waals surface area contributed by atoms with Gasteiger partial charge >= 0.3 is 5.97 Å². The Kier molecular flexibility index (Phi) is 5.31. The fourth-order valence-corrected chi connectivity index (χ4v) is 2.29. The van der Waals surface area contributed by atoms with Crippen molar-refractivity contribution in [3.63, 3.8) is 0 Å². The van der Waals surface area contributed by atoms with E-state index in [-0.39, 0.29) is 24.0 Å². The first-order valence-electron chi connectivity index (χ1n) is 7.22. The fourth-order valence-electron chi connectivity index (χ4n) is 2.29. The minimum atomic E-state index is -0.641. The minimum absolute atomic E-state index is 0.0131. The first-order valence-corrected chi connectivity index (χ1v) is 7.22. The summed E-state index contributed by atoms with van der Waals surface area (Å²) in [4.78, 5) is 38.4. The number of hydrogen-bond donors (Lipinski definition) is 0. The molecule has 0 aromatic heterocycles. The molecule has 0 aliphatic carbocycles. The highest BCUT2D eigenvalue weighted by Crippen LogP contribution is 2.07. The van der Waals surface area contributed by atoms with Crippen molar-refractivity contribution in [2.75, 3.05) is 32.8 Å². The molecule has 2 amide bonds. The van der Waals surface area contributed by atoms with E-state index in [9.17, 15) is 14.4 Å². The standard InChI is InChI=1S/C16H17N3O4/c1-12(20)18-5-7-19(8-6-18)15(21)11-23-16(22)14-4-2-3-13(9-14)10-17/h2-4,9H,5-8,11H2,1H3. The zero-order valence-corrected chi connectivity index (χ0v) is 12.8. The average molecular weight is 315 g/mol. The summed E-state index contributed by atoms with van der Waals surface area (Å²) in [7, 11) is 0. The molecule has 1 saturated heterocycles. The van der Waals surface area contributed by atoms with E-state index >= 15 is 0 Å². The first-order chi connectivity index (χ1) is 11.0. The number of rotatable bonds is 3. The zero-order chi connectivity index (χ0) is 16.8. The van der Waals surface area contributed by atoms with Crippen LogP contribution in [0.15, 0.2) is 24.3 Å². The Hall–Kier alpha value is -2.88. The summed E-state index contributed by atoms with van der Waals surface area (Å²) in [5.41, 5.74) is 0.587. The molecule has 7 nitrogen and oxygen atoms in total. The average Bonchev–Trinajstić information content (AvgIpc) is 2.59. The molecule has 120 valence electrons. The van der Waals surface area contributed by atoms with Gasteiger partial charge in [-0.05, 0) is 18.2 Å². The molecule has 0 unspecified atom stereocenters. The van der Waals surface area contributed by atoms with Gasteiger partial charge in [0.25, 0.3) is 5.91 Å². The fraction of sp³-hybridized carbons (Fsp3) is 0.375. The summed E-state index contributed by atoms with van der Waals surface area (Å²) in [6, 6.07) is 8.04. The van der Waals surface area contributed by atoms with Crippen molar-refractivity contribution >= 4 is 17.8 Å². The van der Waals surface area contributed by atoms with Crippen LogP contribution in [0.25, 0.3) is 0 Å². The predicted molar refractivity (Wildman–Crippen MR) is 80.3 cm³/mol. The summed E-state index contributed by atoms with van der Waals surface area (Å²) in [6.07, 6.45) is 0. The van der Waals surface area contributed by atoms with Crippen molar-refractivity contribution in [2.45, 2.75) is 6.92 Å². The van der Waals surface area contributed by atoms with E-state index in [4.69, 9.17) is 10.00 Å². The smallest absolute Gasteiger partial charge is 0.338 e. The van der Waals surface area contributed by atoms with Crippen molar-refractivity contribution in [1.29, 1.82) is 5.26 Å². The molecule has 0 spiro atoms. The zero-order valence-electron chi connectivity index (χ0n) is 12.8. The maximum Gasteiger partial charge on any atom is 0.338 e. The number of nitrogens with zero attached hydrogens (tertiary/aromatic N) is 3. The Balaban J connectivity index is 1.84. The van der Waals surface area contributed by atoms with Gasteiger partial charge < -0.3 is 14.5 Å². The van der Waals surface area contributed by atoms with Crippen molar-refractivity contribution in [2.24, 2.45) is 0 Å². The van der Waals surface area contributed by atoms with Gasteiger partial charge in [0.15, 0.2) is 6.61 Å². The van der Waals surface area contributed by atoms with Crippen LogP contribution in [0.4, 0.5) is 0 Å². The highest BCUT2D eigenvalue weighted by Gasteiger charge is 2.23. The third-order valence-corrected chi connectivity index (χ3v) is 3.63. The normalized spacial score (nSPS) is 14.1. The van der Waals surface area contributed by atoms with Crippen LogP contribution >= 0.6 is 0 Å². The van der Waals surface area contributed by atoms with Crippen molar-refractivity contribution in [3.05, 3.63) is 35.4 Å². The van der Waals surface area contributed by atoms with Gasteiger partial charge in [0, 0.05) is 33.1 Å². The number of carbonyl (C=O) groups excluding carboxylic acids is 3. The Morgan fingerprint density at radius 1 is 1.17 bits per heavy atom. The maximum absolute atomic E-state index is 12.0. The highest BCUT2D eigenvalue weighted by atomic mass is 16.5. The van der Waals surface area contributed by atoms with Gasteiger partial charge in [-0.25, -0.2) is 4.79 Å². The van der Waals surface area contributed by atoms with Crippen LogP contribution in [0, 0.1) is 11.3 Å². The third kappa shape index (κ3) is 4.30. The van der Waals surface area contributed by atoms with Gasteiger partial charge in [-0.15, -0.1) is 0 Å². The van der Waals surface area contributed by atoms with Crippen molar-refractivity contribution in [1.82, 2.24) is 9.80 Å². The molecule has 0 radical (unpaired) electrons. The van der Waals surface area contributed by atoms with Crippen molar-refractivity contribution < 1.29 is 19.1 Å². The van der Waals surface area contributed by atoms with Crippen LogP contribution in [-0.2, 0) is 14.3 Å². The number of nitriles is 1. The molecule has 1 aromatic carbocycles. The molecule has 0 atom stereocenters. The van der Waals surface area contributed by atoms with Crippen LogP contribution < -0.4 is 0 Å². The number of benzene rings is 1. The number of ether oxygens (including phenoxy) is 1. The monoisotopic (exact) mass is 315 g/mol. The lowest BCUT2D eigenvalue weighted by Crippen LogP contribution is -2.51. The second-order valence-electron chi connectivity index (χ2n) is 5.16. The van der Waals surface area contributed by atoms with E-state index < -0.39 is 5.97 Å². The molecule has 7 heteroatoms. The molecular formula is C16H17N3O4. The van der Waals surface area contributed by atoms with Crippen LogP contribution in [0.3, 0.4) is 0 Å². The van der Waals surface area contributed by atoms with Crippen LogP contribution in [0.5, 0.6) is 0 Å². The first kappa shape index (κ1) is 16.5. The van der Waals surface area contributed by atoms with Gasteiger partial charge in [0.05, 0.1) is 17.2 Å². The summed E-state index contributed by atoms with van der Waals surface area (Å²) in [5.74, 6) is -0.947. The summed E-state index contributed by atoms with van der Waals surface area (Å²) in [6.45, 7) is 2.97. The summed E-state index contributed by atoms with van der Waals surface area (Å²) < 4.78 is 5.00. The van der Waals surface area contributed by atoms with E-state index in [0.29, 0.717) is 31.7 Å². The Bertz CT molecular complexity index is 658. The van der Waals surface area contributed by atoms with Gasteiger partial charge in [-0.3, -0.25) is 9.59 Å². The molecule has 1 fully saturated rings. The number of hydrogen-bond acceptors (Lipinski definition) is 5. The molecule has 0 bridgehead atoms. The molecular weight excluding hydrogens is 298 g/mol. The van der Waals surface area contributed by atoms with Gasteiger partial charge in [0.2, 0.25) is 5.91 Å². The molecule has 1 aromatic rings. The van der Waals surface area contributed by atoms with Crippen LogP contribution in [-0.4, -0.2) is 60.4 Å². The van der Waals surface area contributed by atoms with Crippen LogP contribution in [0.2, 0.25) is 0 Å². The quantitative estimate of drug-likeness (QED) is 0.753. The van der Waals surface area contributed by atoms with E-state index in [1.807, 2.05) is 6.07 Å². The predicted octanol–water partition coefficient (Wildman–Crippen LogP) is 0.406. The lowest BCUT2D eigenvalue weighted by Gasteiger charge is -2.34. The van der Waals surface area contributed by atoms with Crippen LogP contribution in [0.1, 0.15) is 22.8 Å². The molecule has 2 rings (SSSR count). The molecule has 1 aliphatic heterocycles. The molecule has 0 saturated carbocycles. The number of carbonyl (C=O) groups is 3. The Morgan fingerprint density at radius 2 is 1.83 bits per heavy atom. The summed E-state index contributed by atoms with van der Waals surface area (Å²) in [5, 5.41) is 8.80. The highest BCUT2D eigenvalue weighted by molar-refractivity contribution is 5.91. The molecule has 23 heavy (non-hydrogen) atoms. The van der Waals surface area contributed by atoms with E-state index in [1.165, 1.54) is 19.1 Å². The SMILES string of the molecule is CC(=O)N1CCN(C(=O)COC(=O)c2cccc(C#N)c2)CC1. The van der Waals surface area contributed by atoms with E-state index in [2.05, 4.69) is 0 Å². The topological polar surface area (TPSA) is 90.7 Å². The third-order valence-electron chi connectivity index (χ3n) is 3.63. The summed E-state index contributed by atoms with van der Waals surface area (Å²) >= 11 is 0. The largest absolute Gasteiger partial charge is 0.452 e. The minimum Gasteiger partial charge on any atom is -0.452 e. The number of esters is 1. The molecule has 1 heterocycles. The Labute approximate surface area is 134 Å². The molecule has 1 aliphatic rings. The maximum atomic E-state index is 12.0. The van der Waals surface area contributed by atoms with E-state index in [0.717, 1.165) is 0 Å². The second kappa shape index (κ2) is 7.40. The Morgan fingerprint density at radius 3 is 2.43 bits per heavy atom. The van der Waals surface area contributed by atoms with Crippen molar-refractivity contribution in [3.8, 4) is 6.07 Å². The molecule has 0 N–H and O–H groups in total. The van der Waals surface area contributed by atoms with Gasteiger partial charge in [-0.1, -0.05) is 6.07 Å². The number of piperazine rings is 1. The lowest BCUT2D eigenvalue weighted by molar-refractivity contribution is -0.140. The van der Waals surface area contributed by atoms with E-state index in [1.54, 1.807) is 21.9 Å². The van der Waals surface area contributed by atoms with Gasteiger partial charge in [0.1, 0.15) is 0 Å². The number of amides is 2.